The van der Waals surface area contributed by atoms with Crippen molar-refractivity contribution in [1.82, 2.24) is 0 Å². The van der Waals surface area contributed by atoms with Gasteiger partial charge in [0.1, 0.15) is 5.76 Å². The minimum atomic E-state index is 0.905. The van der Waals surface area contributed by atoms with Crippen LogP contribution in [0.25, 0.3) is 0 Å². The van der Waals surface area contributed by atoms with Crippen LogP contribution in [0.3, 0.4) is 0 Å². The second kappa shape index (κ2) is 9.41. The van der Waals surface area contributed by atoms with Gasteiger partial charge in [-0.15, -0.1) is 0 Å². The third-order valence-corrected chi connectivity index (χ3v) is 3.35. The van der Waals surface area contributed by atoms with Gasteiger partial charge in [0.2, 0.25) is 0 Å². The number of hydrogen-bond acceptors (Lipinski definition) is 1. The molecule has 0 fully saturated rings. The van der Waals surface area contributed by atoms with Crippen molar-refractivity contribution in [2.45, 2.75) is 59.8 Å². The van der Waals surface area contributed by atoms with Gasteiger partial charge in [0.25, 0.3) is 0 Å². The molecule has 0 spiro atoms. The molecule has 1 aromatic rings. The van der Waals surface area contributed by atoms with E-state index < -0.39 is 0 Å². The molecule has 0 aliphatic rings. The van der Waals surface area contributed by atoms with Crippen molar-refractivity contribution in [1.29, 1.82) is 0 Å². The molecule has 110 valence electrons. The molecular formula is C19H28O. The lowest BCUT2D eigenvalue weighted by Gasteiger charge is -2.01. The van der Waals surface area contributed by atoms with Crippen molar-refractivity contribution in [3.8, 4) is 0 Å². The molecule has 1 aromatic heterocycles. The van der Waals surface area contributed by atoms with Crippen LogP contribution in [0.15, 0.2) is 57.8 Å². The molecule has 0 unspecified atom stereocenters. The zero-order valence-corrected chi connectivity index (χ0v) is 13.4. The fraction of sp³-hybridized carbons (Fsp3) is 0.474. The molecule has 1 rings (SSSR count). The molecule has 1 heterocycles. The first-order chi connectivity index (χ1) is 9.58. The molecule has 0 radical (unpaired) electrons. The average Bonchev–Trinajstić information content (AvgIpc) is 2.89. The zero-order valence-electron chi connectivity index (χ0n) is 13.4. The summed E-state index contributed by atoms with van der Waals surface area (Å²) in [5.74, 6) is 1.04. The predicted molar refractivity (Wildman–Crippen MR) is 87.8 cm³/mol. The van der Waals surface area contributed by atoms with E-state index >= 15 is 0 Å². The van der Waals surface area contributed by atoms with E-state index in [0.717, 1.165) is 31.4 Å². The van der Waals surface area contributed by atoms with Gasteiger partial charge in [-0.1, -0.05) is 34.9 Å². The monoisotopic (exact) mass is 272 g/mol. The van der Waals surface area contributed by atoms with E-state index in [1.54, 1.807) is 6.26 Å². The van der Waals surface area contributed by atoms with Gasteiger partial charge in [-0.25, -0.2) is 0 Å². The van der Waals surface area contributed by atoms with Crippen molar-refractivity contribution in [3.63, 3.8) is 0 Å². The largest absolute Gasteiger partial charge is 0.469 e. The summed E-state index contributed by atoms with van der Waals surface area (Å²) in [4.78, 5) is 0. The average molecular weight is 272 g/mol. The van der Waals surface area contributed by atoms with Crippen LogP contribution in [0.4, 0.5) is 0 Å². The first kappa shape index (κ1) is 16.6. The first-order valence-electron chi connectivity index (χ1n) is 7.55. The number of furan rings is 1. The molecule has 0 saturated carbocycles. The molecule has 20 heavy (non-hydrogen) atoms. The fourth-order valence-electron chi connectivity index (χ4n) is 2.04. The zero-order chi connectivity index (χ0) is 14.8. The minimum Gasteiger partial charge on any atom is -0.469 e. The summed E-state index contributed by atoms with van der Waals surface area (Å²) in [5, 5.41) is 0. The topological polar surface area (TPSA) is 13.1 Å². The van der Waals surface area contributed by atoms with E-state index in [1.807, 2.05) is 12.1 Å². The Balaban J connectivity index is 2.24. The van der Waals surface area contributed by atoms with Gasteiger partial charge in [0.05, 0.1) is 6.26 Å². The molecule has 0 atom stereocenters. The minimum absolute atomic E-state index is 0.905. The third kappa shape index (κ3) is 7.83. The Labute approximate surface area is 124 Å². The van der Waals surface area contributed by atoms with Crippen LogP contribution in [0.1, 0.15) is 59.1 Å². The van der Waals surface area contributed by atoms with Crippen LogP contribution < -0.4 is 0 Å². The summed E-state index contributed by atoms with van der Waals surface area (Å²) in [6.07, 6.45) is 14.2. The lowest BCUT2D eigenvalue weighted by Crippen LogP contribution is -1.82. The molecule has 0 bridgehead atoms. The maximum atomic E-state index is 5.33. The van der Waals surface area contributed by atoms with Crippen LogP contribution in [-0.4, -0.2) is 0 Å². The summed E-state index contributed by atoms with van der Waals surface area (Å²) in [5.41, 5.74) is 4.35. The van der Waals surface area contributed by atoms with Crippen molar-refractivity contribution in [3.05, 3.63) is 59.1 Å². The molecular weight excluding hydrogens is 244 g/mol. The van der Waals surface area contributed by atoms with Crippen molar-refractivity contribution < 1.29 is 4.42 Å². The maximum Gasteiger partial charge on any atom is 0.107 e. The predicted octanol–water partition coefficient (Wildman–Crippen LogP) is 6.24. The summed E-state index contributed by atoms with van der Waals surface area (Å²) in [6, 6.07) is 3.97. The smallest absolute Gasteiger partial charge is 0.107 e. The lowest BCUT2D eigenvalue weighted by molar-refractivity contribution is 0.522. The van der Waals surface area contributed by atoms with Gasteiger partial charge in [-0.05, 0) is 65.5 Å². The highest BCUT2D eigenvalue weighted by Crippen LogP contribution is 2.12. The van der Waals surface area contributed by atoms with Crippen LogP contribution in [0, 0.1) is 0 Å². The summed E-state index contributed by atoms with van der Waals surface area (Å²) >= 11 is 0. The molecule has 0 aromatic carbocycles. The molecule has 0 amide bonds. The third-order valence-electron chi connectivity index (χ3n) is 3.35. The van der Waals surface area contributed by atoms with Crippen molar-refractivity contribution >= 4 is 0 Å². The fourth-order valence-corrected chi connectivity index (χ4v) is 2.04. The first-order valence-corrected chi connectivity index (χ1v) is 7.55. The van der Waals surface area contributed by atoms with Crippen molar-refractivity contribution in [2.24, 2.45) is 0 Å². The SMILES string of the molecule is CC(C)=CCC/C(C)=C/CC/C(C)=C/Cc1ccco1. The van der Waals surface area contributed by atoms with Crippen LogP contribution in [0.5, 0.6) is 0 Å². The second-order valence-corrected chi connectivity index (χ2v) is 5.74. The Kier molecular flexibility index (Phi) is 7.79. The quantitative estimate of drug-likeness (QED) is 0.510. The van der Waals surface area contributed by atoms with Gasteiger partial charge in [0, 0.05) is 6.42 Å². The van der Waals surface area contributed by atoms with Gasteiger partial charge in [-0.3, -0.25) is 0 Å². The molecule has 0 saturated heterocycles. The maximum absolute atomic E-state index is 5.33. The summed E-state index contributed by atoms with van der Waals surface area (Å²) in [7, 11) is 0. The van der Waals surface area contributed by atoms with Crippen LogP contribution in [-0.2, 0) is 6.42 Å². The normalized spacial score (nSPS) is 12.6. The highest BCUT2D eigenvalue weighted by atomic mass is 16.3. The Morgan fingerprint density at radius 1 is 0.950 bits per heavy atom. The number of allylic oxidation sites excluding steroid dienone is 6. The Bertz CT molecular complexity index is 454. The molecule has 1 heteroatoms. The molecule has 0 N–H and O–H groups in total. The van der Waals surface area contributed by atoms with E-state index in [4.69, 9.17) is 4.42 Å². The molecule has 0 aliphatic heterocycles. The van der Waals surface area contributed by atoms with Gasteiger partial charge >= 0.3 is 0 Å². The standard InChI is InChI=1S/C19H28O/c1-16(2)8-5-9-17(3)10-6-11-18(4)13-14-19-12-7-15-20-19/h7-8,10,12-13,15H,5-6,9,11,14H2,1-4H3/b17-10+,18-13+. The Hall–Kier alpha value is -1.50. The van der Waals surface area contributed by atoms with E-state index in [0.29, 0.717) is 0 Å². The van der Waals surface area contributed by atoms with Gasteiger partial charge < -0.3 is 4.42 Å². The summed E-state index contributed by atoms with van der Waals surface area (Å²) < 4.78 is 5.33. The van der Waals surface area contributed by atoms with Gasteiger partial charge in [-0.2, -0.15) is 0 Å². The van der Waals surface area contributed by atoms with Crippen molar-refractivity contribution in [2.75, 3.05) is 0 Å². The highest BCUT2D eigenvalue weighted by molar-refractivity contribution is 5.09. The van der Waals surface area contributed by atoms with E-state index in [1.165, 1.54) is 23.1 Å². The lowest BCUT2D eigenvalue weighted by atomic mass is 10.1. The van der Waals surface area contributed by atoms with E-state index in [2.05, 4.69) is 45.9 Å². The van der Waals surface area contributed by atoms with E-state index in [-0.39, 0.29) is 0 Å². The summed E-state index contributed by atoms with van der Waals surface area (Å²) in [6.45, 7) is 8.76. The number of hydrogen-bond donors (Lipinski definition) is 0. The second-order valence-electron chi connectivity index (χ2n) is 5.74. The van der Waals surface area contributed by atoms with Crippen LogP contribution in [0.2, 0.25) is 0 Å². The van der Waals surface area contributed by atoms with Crippen LogP contribution >= 0.6 is 0 Å². The Morgan fingerprint density at radius 2 is 1.60 bits per heavy atom. The molecule has 0 aliphatic carbocycles. The Morgan fingerprint density at radius 3 is 2.20 bits per heavy atom. The van der Waals surface area contributed by atoms with E-state index in [9.17, 15) is 0 Å². The van der Waals surface area contributed by atoms with Gasteiger partial charge in [0.15, 0.2) is 0 Å². The number of rotatable bonds is 8. The molecule has 1 nitrogen and oxygen atoms in total. The highest BCUT2D eigenvalue weighted by Gasteiger charge is 1.94.